The van der Waals surface area contributed by atoms with Crippen molar-refractivity contribution in [3.63, 3.8) is 0 Å². The second-order valence-electron chi connectivity index (χ2n) is 5.22. The second-order valence-corrected chi connectivity index (χ2v) is 6.05. The van der Waals surface area contributed by atoms with Gasteiger partial charge >= 0.3 is 0 Å². The van der Waals surface area contributed by atoms with Gasteiger partial charge in [-0.05, 0) is 48.9 Å². The summed E-state index contributed by atoms with van der Waals surface area (Å²) in [6, 6.07) is 14.0. The number of halogens is 1. The number of ether oxygens (including phenoxy) is 1. The van der Waals surface area contributed by atoms with E-state index in [4.69, 9.17) is 4.74 Å². The van der Waals surface area contributed by atoms with Gasteiger partial charge in [0.25, 0.3) is 0 Å². The Hall–Kier alpha value is -2.73. The van der Waals surface area contributed by atoms with E-state index in [1.54, 1.807) is 30.1 Å². The summed E-state index contributed by atoms with van der Waals surface area (Å²) in [6.07, 6.45) is 1.76. The van der Waals surface area contributed by atoms with Gasteiger partial charge in [0.15, 0.2) is 0 Å². The van der Waals surface area contributed by atoms with Crippen LogP contribution in [0.25, 0.3) is 11.3 Å². The van der Waals surface area contributed by atoms with Gasteiger partial charge in [-0.2, -0.15) is 5.10 Å². The zero-order valence-electron chi connectivity index (χ0n) is 14.0. The summed E-state index contributed by atoms with van der Waals surface area (Å²) >= 11 is 1.51. The van der Waals surface area contributed by atoms with E-state index in [2.05, 4.69) is 10.1 Å². The van der Waals surface area contributed by atoms with Gasteiger partial charge in [0.1, 0.15) is 11.6 Å². The Morgan fingerprint density at radius 3 is 2.72 bits per heavy atom. The number of nitrogens with zero attached hydrogens (tertiary/aromatic N) is 3. The lowest BCUT2D eigenvalue weighted by Gasteiger charge is -2.04. The van der Waals surface area contributed by atoms with Gasteiger partial charge in [-0.15, -0.1) is 11.3 Å². The van der Waals surface area contributed by atoms with Crippen molar-refractivity contribution in [1.29, 1.82) is 0 Å². The largest absolute Gasteiger partial charge is 0.497 e. The van der Waals surface area contributed by atoms with E-state index in [-0.39, 0.29) is 5.82 Å². The van der Waals surface area contributed by atoms with Crippen molar-refractivity contribution in [1.82, 2.24) is 4.68 Å². The normalized spacial score (nSPS) is 12.0. The molecule has 0 N–H and O–H groups in total. The van der Waals surface area contributed by atoms with Crippen molar-refractivity contribution in [3.05, 3.63) is 70.1 Å². The Morgan fingerprint density at radius 2 is 2.00 bits per heavy atom. The van der Waals surface area contributed by atoms with Crippen molar-refractivity contribution in [3.8, 4) is 17.0 Å². The summed E-state index contributed by atoms with van der Waals surface area (Å²) in [7, 11) is 1.63. The molecule has 0 bridgehead atoms. The van der Waals surface area contributed by atoms with Crippen LogP contribution in [0.2, 0.25) is 0 Å². The summed E-state index contributed by atoms with van der Waals surface area (Å²) in [5.74, 6) is 0.514. The quantitative estimate of drug-likeness (QED) is 0.633. The van der Waals surface area contributed by atoms with Crippen LogP contribution < -0.4 is 9.54 Å². The van der Waals surface area contributed by atoms with Gasteiger partial charge in [0.2, 0.25) is 4.80 Å². The van der Waals surface area contributed by atoms with Crippen molar-refractivity contribution in [2.24, 2.45) is 10.1 Å². The van der Waals surface area contributed by atoms with E-state index in [9.17, 15) is 4.39 Å². The zero-order valence-corrected chi connectivity index (χ0v) is 14.8. The fraction of sp³-hybridized carbons (Fsp3) is 0.158. The molecular formula is C19H18FN3OS. The van der Waals surface area contributed by atoms with Crippen molar-refractivity contribution < 1.29 is 9.13 Å². The number of rotatable bonds is 5. The van der Waals surface area contributed by atoms with Gasteiger partial charge in [0.05, 0.1) is 19.0 Å². The molecule has 0 aliphatic heterocycles. The maximum absolute atomic E-state index is 13.2. The Kier molecular flexibility index (Phi) is 5.40. The van der Waals surface area contributed by atoms with E-state index < -0.39 is 0 Å². The molecule has 0 atom stereocenters. The summed E-state index contributed by atoms with van der Waals surface area (Å²) in [4.78, 5) is 5.28. The minimum Gasteiger partial charge on any atom is -0.497 e. The predicted octanol–water partition coefficient (Wildman–Crippen LogP) is 4.17. The molecule has 0 spiro atoms. The Bertz CT molecular complexity index is 942. The lowest BCUT2D eigenvalue weighted by molar-refractivity contribution is 0.415. The average Bonchev–Trinajstić information content (AvgIpc) is 3.04. The van der Waals surface area contributed by atoms with Crippen LogP contribution in [-0.4, -0.2) is 24.5 Å². The first-order valence-corrected chi connectivity index (χ1v) is 8.74. The first-order chi connectivity index (χ1) is 12.2. The summed E-state index contributed by atoms with van der Waals surface area (Å²) < 4.78 is 20.2. The second kappa shape index (κ2) is 7.90. The minimum atomic E-state index is -0.260. The first kappa shape index (κ1) is 17.1. The number of hydrogen-bond donors (Lipinski definition) is 0. The molecule has 128 valence electrons. The molecule has 6 heteroatoms. The van der Waals surface area contributed by atoms with Crippen LogP contribution in [0.15, 0.2) is 64.0 Å². The van der Waals surface area contributed by atoms with E-state index >= 15 is 0 Å². The molecule has 0 amide bonds. The highest BCUT2D eigenvalue weighted by Crippen LogP contribution is 2.20. The number of thiazole rings is 1. The molecular weight excluding hydrogens is 337 g/mol. The molecule has 0 unspecified atom stereocenters. The number of benzene rings is 2. The van der Waals surface area contributed by atoms with Crippen molar-refractivity contribution in [2.75, 3.05) is 13.7 Å². The van der Waals surface area contributed by atoms with Crippen molar-refractivity contribution in [2.45, 2.75) is 6.92 Å². The fourth-order valence-electron chi connectivity index (χ4n) is 2.32. The molecule has 0 saturated carbocycles. The Morgan fingerprint density at radius 1 is 1.20 bits per heavy atom. The molecule has 0 aliphatic carbocycles. The summed E-state index contributed by atoms with van der Waals surface area (Å²) in [5.41, 5.74) is 2.68. The number of hydrogen-bond acceptors (Lipinski definition) is 4. The average molecular weight is 355 g/mol. The molecule has 0 aliphatic rings. The van der Waals surface area contributed by atoms with Gasteiger partial charge < -0.3 is 4.74 Å². The topological polar surface area (TPSA) is 38.9 Å². The van der Waals surface area contributed by atoms with E-state index in [1.807, 2.05) is 36.6 Å². The third-order valence-electron chi connectivity index (χ3n) is 3.53. The summed E-state index contributed by atoms with van der Waals surface area (Å²) in [6.45, 7) is 2.64. The van der Waals surface area contributed by atoms with Crippen molar-refractivity contribution >= 4 is 17.6 Å². The van der Waals surface area contributed by atoms with E-state index in [1.165, 1.54) is 23.5 Å². The predicted molar refractivity (Wildman–Crippen MR) is 99.8 cm³/mol. The van der Waals surface area contributed by atoms with Crippen LogP contribution >= 0.6 is 11.3 Å². The third-order valence-corrected chi connectivity index (χ3v) is 4.39. The smallest absolute Gasteiger partial charge is 0.206 e. The molecule has 25 heavy (non-hydrogen) atoms. The van der Waals surface area contributed by atoms with Crippen LogP contribution in [-0.2, 0) is 0 Å². The maximum atomic E-state index is 13.2. The molecule has 3 aromatic rings. The number of methoxy groups -OCH3 is 1. The Labute approximate surface area is 149 Å². The Balaban J connectivity index is 2.04. The zero-order chi connectivity index (χ0) is 17.6. The molecule has 0 radical (unpaired) electrons. The monoisotopic (exact) mass is 355 g/mol. The molecule has 4 nitrogen and oxygen atoms in total. The molecule has 3 rings (SSSR count). The third kappa shape index (κ3) is 4.03. The summed E-state index contributed by atoms with van der Waals surface area (Å²) in [5, 5.41) is 6.57. The van der Waals surface area contributed by atoms with Crippen LogP contribution in [0.4, 0.5) is 4.39 Å². The highest BCUT2D eigenvalue weighted by Gasteiger charge is 2.07. The van der Waals surface area contributed by atoms with Crippen LogP contribution in [0.5, 0.6) is 5.75 Å². The minimum absolute atomic E-state index is 0.260. The van der Waals surface area contributed by atoms with Crippen LogP contribution in [0, 0.1) is 5.82 Å². The van der Waals surface area contributed by atoms with Crippen LogP contribution in [0.1, 0.15) is 12.5 Å². The van der Waals surface area contributed by atoms with E-state index in [0.29, 0.717) is 6.54 Å². The molecule has 0 saturated heterocycles. The van der Waals surface area contributed by atoms with Crippen LogP contribution in [0.3, 0.4) is 0 Å². The SMILES string of the molecule is CCN=c1scc(-c2ccc(F)cc2)n1/N=C\c1cccc(OC)c1. The highest BCUT2D eigenvalue weighted by atomic mass is 32.1. The highest BCUT2D eigenvalue weighted by molar-refractivity contribution is 7.07. The number of aromatic nitrogens is 1. The molecule has 2 aromatic carbocycles. The van der Waals surface area contributed by atoms with Gasteiger partial charge in [0, 0.05) is 17.5 Å². The lowest BCUT2D eigenvalue weighted by atomic mass is 10.2. The van der Waals surface area contributed by atoms with Gasteiger partial charge in [-0.3, -0.25) is 4.99 Å². The molecule has 0 fully saturated rings. The first-order valence-electron chi connectivity index (χ1n) is 7.86. The fourth-order valence-corrected chi connectivity index (χ4v) is 3.22. The maximum Gasteiger partial charge on any atom is 0.206 e. The van der Waals surface area contributed by atoms with Gasteiger partial charge in [-0.1, -0.05) is 12.1 Å². The standard InChI is InChI=1S/C19H18FN3OS/c1-3-21-19-23(22-12-14-5-4-6-17(11-14)24-2)18(13-25-19)15-7-9-16(20)10-8-15/h4-13H,3H2,1-2H3/b21-19?,22-12-. The van der Waals surface area contributed by atoms with E-state index in [0.717, 1.165) is 27.4 Å². The lowest BCUT2D eigenvalue weighted by Crippen LogP contribution is -2.12. The molecule has 1 heterocycles. The molecule has 1 aromatic heterocycles. The van der Waals surface area contributed by atoms with Gasteiger partial charge in [-0.25, -0.2) is 9.07 Å².